The quantitative estimate of drug-likeness (QED) is 0.561. The summed E-state index contributed by atoms with van der Waals surface area (Å²) in [5, 5.41) is 2.98. The number of nitrogens with one attached hydrogen (secondary N) is 3. The van der Waals surface area contributed by atoms with E-state index in [-0.39, 0.29) is 10.9 Å². The summed E-state index contributed by atoms with van der Waals surface area (Å²) in [4.78, 5) is 12.2. The number of carbonyl (C=O) groups excluding carboxylic acids is 1. The molecule has 0 saturated carbocycles. The lowest BCUT2D eigenvalue weighted by Crippen LogP contribution is -2.43. The van der Waals surface area contributed by atoms with Crippen molar-refractivity contribution in [1.29, 1.82) is 0 Å². The zero-order chi connectivity index (χ0) is 18.2. The molecule has 0 heterocycles. The minimum atomic E-state index is -0.399. The predicted octanol–water partition coefficient (Wildman–Crippen LogP) is 2.86. The number of thiocarbonyl (C=S) groups is 1. The van der Waals surface area contributed by atoms with E-state index >= 15 is 0 Å². The molecule has 0 aliphatic carbocycles. The molecule has 3 N–H and O–H groups in total. The molecule has 0 fully saturated rings. The van der Waals surface area contributed by atoms with Crippen LogP contribution < -0.4 is 25.6 Å². The molecule has 0 radical (unpaired) electrons. The molecular formula is C17H18FN3O3S. The van der Waals surface area contributed by atoms with E-state index < -0.39 is 5.91 Å². The fraction of sp³-hybridized carbons (Fsp3) is 0.176. The van der Waals surface area contributed by atoms with E-state index in [4.69, 9.17) is 21.7 Å². The largest absolute Gasteiger partial charge is 0.493 e. The Hall–Kier alpha value is -2.87. The van der Waals surface area contributed by atoms with Crippen LogP contribution in [0.15, 0.2) is 42.5 Å². The van der Waals surface area contributed by atoms with Crippen LogP contribution in [0.25, 0.3) is 0 Å². The third kappa shape index (κ3) is 5.32. The number of benzene rings is 2. The zero-order valence-electron chi connectivity index (χ0n) is 13.8. The van der Waals surface area contributed by atoms with Crippen molar-refractivity contribution in [3.63, 3.8) is 0 Å². The van der Waals surface area contributed by atoms with Gasteiger partial charge in [-0.15, -0.1) is 0 Å². The van der Waals surface area contributed by atoms with Gasteiger partial charge < -0.3 is 14.8 Å². The van der Waals surface area contributed by atoms with Crippen LogP contribution in [0.1, 0.15) is 17.3 Å². The first-order valence-electron chi connectivity index (χ1n) is 7.47. The summed E-state index contributed by atoms with van der Waals surface area (Å²) in [5.41, 5.74) is 6.01. The fourth-order valence-electron chi connectivity index (χ4n) is 1.96. The number of anilines is 1. The van der Waals surface area contributed by atoms with Gasteiger partial charge in [-0.25, -0.2) is 4.39 Å². The molecule has 0 aliphatic rings. The molecule has 0 aromatic heterocycles. The van der Waals surface area contributed by atoms with E-state index in [2.05, 4.69) is 16.2 Å². The highest BCUT2D eigenvalue weighted by atomic mass is 32.1. The van der Waals surface area contributed by atoms with Gasteiger partial charge in [0, 0.05) is 11.3 Å². The van der Waals surface area contributed by atoms with Crippen molar-refractivity contribution in [2.24, 2.45) is 0 Å². The standard InChI is InChI=1S/C17H18FN3O3S/c1-3-24-14-9-4-11(10-15(14)23-2)16(22)20-21-17(25)19-13-7-5-12(18)6-8-13/h4-10H,3H2,1-2H3,(H,20,22)(H2,19,21,25). The van der Waals surface area contributed by atoms with Crippen LogP contribution >= 0.6 is 12.2 Å². The van der Waals surface area contributed by atoms with Gasteiger partial charge >= 0.3 is 0 Å². The SMILES string of the molecule is CCOc1ccc(C(=O)NNC(=S)Nc2ccc(F)cc2)cc1OC. The van der Waals surface area contributed by atoms with Gasteiger partial charge in [0.15, 0.2) is 16.6 Å². The smallest absolute Gasteiger partial charge is 0.269 e. The number of hydrogen-bond acceptors (Lipinski definition) is 4. The molecule has 8 heteroatoms. The lowest BCUT2D eigenvalue weighted by Gasteiger charge is -2.13. The minimum absolute atomic E-state index is 0.165. The van der Waals surface area contributed by atoms with Gasteiger partial charge in [-0.3, -0.25) is 15.6 Å². The summed E-state index contributed by atoms with van der Waals surface area (Å²) >= 11 is 5.07. The predicted molar refractivity (Wildman–Crippen MR) is 97.4 cm³/mol. The second-order valence-electron chi connectivity index (χ2n) is 4.84. The Balaban J connectivity index is 1.93. The average molecular weight is 363 g/mol. The van der Waals surface area contributed by atoms with Gasteiger partial charge in [0.05, 0.1) is 13.7 Å². The highest BCUT2D eigenvalue weighted by Crippen LogP contribution is 2.27. The third-order valence-electron chi connectivity index (χ3n) is 3.12. The molecule has 0 spiro atoms. The van der Waals surface area contributed by atoms with E-state index in [1.165, 1.54) is 31.4 Å². The number of carbonyl (C=O) groups is 1. The summed E-state index contributed by atoms with van der Waals surface area (Å²) in [7, 11) is 1.50. The summed E-state index contributed by atoms with van der Waals surface area (Å²) in [6, 6.07) is 10.5. The highest BCUT2D eigenvalue weighted by Gasteiger charge is 2.11. The first kappa shape index (κ1) is 18.5. The topological polar surface area (TPSA) is 71.6 Å². The van der Waals surface area contributed by atoms with Crippen LogP contribution in [0.4, 0.5) is 10.1 Å². The minimum Gasteiger partial charge on any atom is -0.493 e. The Bertz CT molecular complexity index is 753. The van der Waals surface area contributed by atoms with Gasteiger partial charge in [0.25, 0.3) is 5.91 Å². The van der Waals surface area contributed by atoms with Crippen molar-refractivity contribution in [3.05, 3.63) is 53.8 Å². The number of hydrazine groups is 1. The molecule has 0 atom stereocenters. The van der Waals surface area contributed by atoms with Crippen molar-refractivity contribution in [2.45, 2.75) is 6.92 Å². The van der Waals surface area contributed by atoms with Gasteiger partial charge in [-0.05, 0) is 61.6 Å². The van der Waals surface area contributed by atoms with Crippen LogP contribution in [0, 0.1) is 5.82 Å². The van der Waals surface area contributed by atoms with Crippen molar-refractivity contribution in [3.8, 4) is 11.5 Å². The lowest BCUT2D eigenvalue weighted by atomic mass is 10.2. The van der Waals surface area contributed by atoms with Crippen LogP contribution in [0.5, 0.6) is 11.5 Å². The molecule has 0 saturated heterocycles. The highest BCUT2D eigenvalue weighted by molar-refractivity contribution is 7.80. The molecule has 0 aliphatic heterocycles. The Labute approximate surface area is 150 Å². The first-order chi connectivity index (χ1) is 12.0. The number of rotatable bonds is 5. The normalized spacial score (nSPS) is 9.88. The lowest BCUT2D eigenvalue weighted by molar-refractivity contribution is 0.0943. The number of amides is 1. The van der Waals surface area contributed by atoms with E-state index in [9.17, 15) is 9.18 Å². The summed E-state index contributed by atoms with van der Waals surface area (Å²) in [6.45, 7) is 2.35. The van der Waals surface area contributed by atoms with Gasteiger partial charge in [0.1, 0.15) is 5.82 Å². The average Bonchev–Trinajstić information content (AvgIpc) is 2.62. The van der Waals surface area contributed by atoms with E-state index in [1.54, 1.807) is 18.2 Å². The Morgan fingerprint density at radius 3 is 2.48 bits per heavy atom. The molecule has 0 bridgehead atoms. The number of methoxy groups -OCH3 is 1. The maximum Gasteiger partial charge on any atom is 0.269 e. The molecule has 2 rings (SSSR count). The number of hydrogen-bond donors (Lipinski definition) is 3. The van der Waals surface area contributed by atoms with Gasteiger partial charge in [-0.1, -0.05) is 0 Å². The number of ether oxygens (including phenoxy) is 2. The molecule has 132 valence electrons. The molecular weight excluding hydrogens is 345 g/mol. The van der Waals surface area contributed by atoms with Gasteiger partial charge in [0.2, 0.25) is 0 Å². The van der Waals surface area contributed by atoms with Crippen molar-refractivity contribution < 1.29 is 18.7 Å². The molecule has 1 amide bonds. The van der Waals surface area contributed by atoms with E-state index in [0.29, 0.717) is 29.4 Å². The fourth-order valence-corrected chi connectivity index (χ4v) is 2.13. The maximum absolute atomic E-state index is 12.9. The Morgan fingerprint density at radius 1 is 1.12 bits per heavy atom. The molecule has 2 aromatic rings. The third-order valence-corrected chi connectivity index (χ3v) is 3.32. The van der Waals surface area contributed by atoms with E-state index in [0.717, 1.165) is 0 Å². The second-order valence-corrected chi connectivity index (χ2v) is 5.25. The molecule has 2 aromatic carbocycles. The second kappa shape index (κ2) is 8.84. The first-order valence-corrected chi connectivity index (χ1v) is 7.88. The summed E-state index contributed by atoms with van der Waals surface area (Å²) in [5.74, 6) is 0.274. The summed E-state index contributed by atoms with van der Waals surface area (Å²) < 4.78 is 23.5. The number of halogens is 1. The maximum atomic E-state index is 12.9. The van der Waals surface area contributed by atoms with Crippen LogP contribution in [0.2, 0.25) is 0 Å². The monoisotopic (exact) mass is 363 g/mol. The van der Waals surface area contributed by atoms with E-state index in [1.807, 2.05) is 6.92 Å². The Morgan fingerprint density at radius 2 is 1.84 bits per heavy atom. The van der Waals surface area contributed by atoms with Crippen molar-refractivity contribution in [2.75, 3.05) is 19.0 Å². The van der Waals surface area contributed by atoms with Crippen molar-refractivity contribution >= 4 is 28.9 Å². The molecule has 25 heavy (non-hydrogen) atoms. The van der Waals surface area contributed by atoms with Gasteiger partial charge in [-0.2, -0.15) is 0 Å². The molecule has 6 nitrogen and oxygen atoms in total. The molecule has 0 unspecified atom stereocenters. The van der Waals surface area contributed by atoms with Crippen molar-refractivity contribution in [1.82, 2.24) is 10.9 Å². The van der Waals surface area contributed by atoms with Crippen LogP contribution in [-0.2, 0) is 0 Å². The zero-order valence-corrected chi connectivity index (χ0v) is 14.6. The van der Waals surface area contributed by atoms with Crippen LogP contribution in [-0.4, -0.2) is 24.7 Å². The summed E-state index contributed by atoms with van der Waals surface area (Å²) in [6.07, 6.45) is 0. The Kier molecular flexibility index (Phi) is 6.53. The van der Waals surface area contributed by atoms with Crippen LogP contribution in [0.3, 0.4) is 0 Å².